The van der Waals surface area contributed by atoms with Crippen molar-refractivity contribution in [2.45, 2.75) is 19.4 Å². The lowest BCUT2D eigenvalue weighted by Gasteiger charge is -2.08. The maximum absolute atomic E-state index is 11.5. The number of aryl methyl sites for hydroxylation is 1. The van der Waals surface area contributed by atoms with E-state index in [9.17, 15) is 14.4 Å². The first-order valence-corrected chi connectivity index (χ1v) is 5.97. The summed E-state index contributed by atoms with van der Waals surface area (Å²) in [6.45, 7) is 1.79. The van der Waals surface area contributed by atoms with Crippen molar-refractivity contribution < 1.29 is 24.6 Å². The minimum absolute atomic E-state index is 0.104. The molecule has 1 aromatic rings. The second-order valence-corrected chi connectivity index (χ2v) is 4.22. The number of carbonyl (C=O) groups excluding carboxylic acids is 2. The van der Waals surface area contributed by atoms with Gasteiger partial charge in [0.05, 0.1) is 0 Å². The van der Waals surface area contributed by atoms with Gasteiger partial charge in [0.25, 0.3) is 0 Å². The van der Waals surface area contributed by atoms with E-state index >= 15 is 0 Å². The number of aliphatic carboxylic acids is 1. The average Bonchev–Trinajstić information content (AvgIpc) is 2.40. The van der Waals surface area contributed by atoms with Gasteiger partial charge in [-0.15, -0.1) is 0 Å². The number of carboxylic acid groups (broad SMARTS) is 1. The summed E-state index contributed by atoms with van der Waals surface area (Å²) in [5.41, 5.74) is 1.51. The van der Waals surface area contributed by atoms with E-state index in [-0.39, 0.29) is 13.0 Å². The predicted octanol–water partition coefficient (Wildman–Crippen LogP) is -0.115. The van der Waals surface area contributed by atoms with Crippen molar-refractivity contribution >= 4 is 23.5 Å². The predicted molar refractivity (Wildman–Crippen MR) is 71.1 cm³/mol. The van der Waals surface area contributed by atoms with Crippen LogP contribution in [0.1, 0.15) is 12.0 Å². The highest BCUT2D eigenvalue weighted by Gasteiger charge is 2.16. The lowest BCUT2D eigenvalue weighted by atomic mass is 10.2. The molecule has 0 aromatic heterocycles. The third-order valence-electron chi connectivity index (χ3n) is 2.50. The Labute approximate surface area is 115 Å². The number of carbonyl (C=O) groups is 3. The van der Waals surface area contributed by atoms with Crippen LogP contribution in [0.3, 0.4) is 0 Å². The molecular formula is C13H16N2O5. The van der Waals surface area contributed by atoms with Crippen molar-refractivity contribution in [1.29, 1.82) is 0 Å². The number of nitrogens with one attached hydrogen (secondary N) is 2. The van der Waals surface area contributed by atoms with Gasteiger partial charge in [-0.25, -0.2) is 4.79 Å². The third-order valence-corrected chi connectivity index (χ3v) is 2.50. The van der Waals surface area contributed by atoms with Gasteiger partial charge in [-0.05, 0) is 19.1 Å². The van der Waals surface area contributed by atoms with Crippen LogP contribution < -0.4 is 10.6 Å². The zero-order chi connectivity index (χ0) is 15.1. The van der Waals surface area contributed by atoms with Crippen LogP contribution in [0.5, 0.6) is 0 Å². The third kappa shape index (κ3) is 5.07. The molecule has 1 rings (SSSR count). The molecule has 7 heteroatoms. The second-order valence-electron chi connectivity index (χ2n) is 4.22. The summed E-state index contributed by atoms with van der Waals surface area (Å²) >= 11 is 0. The molecule has 0 fully saturated rings. The molecule has 1 aromatic carbocycles. The first-order valence-electron chi connectivity index (χ1n) is 5.97. The molecule has 1 unspecified atom stereocenters. The molecule has 4 N–H and O–H groups in total. The smallest absolute Gasteiger partial charge is 0.332 e. The summed E-state index contributed by atoms with van der Waals surface area (Å²) in [4.78, 5) is 33.3. The monoisotopic (exact) mass is 280 g/mol. The van der Waals surface area contributed by atoms with Crippen LogP contribution in [0.15, 0.2) is 24.3 Å². The molecule has 0 bridgehead atoms. The molecule has 1 atom stereocenters. The number of hydrogen-bond donors (Lipinski definition) is 4. The minimum atomic E-state index is -1.56. The zero-order valence-corrected chi connectivity index (χ0v) is 10.9. The fourth-order valence-electron chi connectivity index (χ4n) is 1.35. The first-order chi connectivity index (χ1) is 9.40. The van der Waals surface area contributed by atoms with Gasteiger partial charge in [0.1, 0.15) is 0 Å². The molecule has 0 aliphatic rings. The van der Waals surface area contributed by atoms with Crippen LogP contribution in [-0.4, -0.2) is 40.6 Å². The zero-order valence-electron chi connectivity index (χ0n) is 10.9. The van der Waals surface area contributed by atoms with E-state index in [1.165, 1.54) is 0 Å². The Balaban J connectivity index is 2.38. The number of amides is 2. The van der Waals surface area contributed by atoms with E-state index in [1.807, 2.05) is 6.92 Å². The van der Waals surface area contributed by atoms with Crippen molar-refractivity contribution in [1.82, 2.24) is 5.32 Å². The molecule has 20 heavy (non-hydrogen) atoms. The summed E-state index contributed by atoms with van der Waals surface area (Å²) < 4.78 is 0. The minimum Gasteiger partial charge on any atom is -0.479 e. The Morgan fingerprint density at radius 2 is 1.75 bits per heavy atom. The number of aliphatic hydroxyl groups excluding tert-OH is 1. The van der Waals surface area contributed by atoms with Crippen LogP contribution in [0.4, 0.5) is 5.69 Å². The molecular weight excluding hydrogens is 264 g/mol. The van der Waals surface area contributed by atoms with Crippen LogP contribution in [-0.2, 0) is 14.4 Å². The largest absolute Gasteiger partial charge is 0.479 e. The summed E-state index contributed by atoms with van der Waals surface area (Å²) in [7, 11) is 0. The lowest BCUT2D eigenvalue weighted by Crippen LogP contribution is -2.37. The van der Waals surface area contributed by atoms with E-state index in [4.69, 9.17) is 10.2 Å². The van der Waals surface area contributed by atoms with Crippen molar-refractivity contribution in [2.24, 2.45) is 0 Å². The topological polar surface area (TPSA) is 116 Å². The van der Waals surface area contributed by atoms with Gasteiger partial charge in [0.15, 0.2) is 6.10 Å². The summed E-state index contributed by atoms with van der Waals surface area (Å²) in [5.74, 6) is -3.11. The normalized spacial score (nSPS) is 11.5. The number of hydrogen-bond acceptors (Lipinski definition) is 4. The fraction of sp³-hybridized carbons (Fsp3) is 0.308. The van der Waals surface area contributed by atoms with Crippen molar-refractivity contribution in [3.05, 3.63) is 29.8 Å². The molecule has 0 radical (unpaired) electrons. The van der Waals surface area contributed by atoms with E-state index in [0.717, 1.165) is 5.56 Å². The number of anilines is 1. The van der Waals surface area contributed by atoms with Gasteiger partial charge in [-0.2, -0.15) is 0 Å². The average molecular weight is 280 g/mol. The first kappa shape index (κ1) is 15.6. The van der Waals surface area contributed by atoms with Gasteiger partial charge < -0.3 is 20.8 Å². The maximum atomic E-state index is 11.5. The Kier molecular flexibility index (Phi) is 5.67. The summed E-state index contributed by atoms with van der Waals surface area (Å²) in [5, 5.41) is 22.0. The van der Waals surface area contributed by atoms with Crippen LogP contribution >= 0.6 is 0 Å². The van der Waals surface area contributed by atoms with Crippen LogP contribution in [0.25, 0.3) is 0 Å². The Bertz CT molecular complexity index is 498. The van der Waals surface area contributed by atoms with E-state index < -0.39 is 23.9 Å². The highest BCUT2D eigenvalue weighted by molar-refractivity contribution is 6.39. The second kappa shape index (κ2) is 7.25. The SMILES string of the molecule is Cc1ccc(NC(=O)C(=O)NCCC(O)C(=O)O)cc1. The van der Waals surface area contributed by atoms with Gasteiger partial charge in [-0.3, -0.25) is 9.59 Å². The van der Waals surface area contributed by atoms with E-state index in [0.29, 0.717) is 5.69 Å². The highest BCUT2D eigenvalue weighted by Crippen LogP contribution is 2.08. The Morgan fingerprint density at radius 3 is 2.30 bits per heavy atom. The van der Waals surface area contributed by atoms with Crippen molar-refractivity contribution in [3.63, 3.8) is 0 Å². The van der Waals surface area contributed by atoms with E-state index in [2.05, 4.69) is 10.6 Å². The quantitative estimate of drug-likeness (QED) is 0.561. The Morgan fingerprint density at radius 1 is 1.15 bits per heavy atom. The Hall–Kier alpha value is -2.41. The van der Waals surface area contributed by atoms with Crippen molar-refractivity contribution in [3.8, 4) is 0 Å². The molecule has 108 valence electrons. The summed E-state index contributed by atoms with van der Waals surface area (Å²) in [6, 6.07) is 6.90. The summed E-state index contributed by atoms with van der Waals surface area (Å²) in [6.07, 6.45) is -1.73. The molecule has 0 saturated heterocycles. The van der Waals surface area contributed by atoms with Crippen LogP contribution in [0.2, 0.25) is 0 Å². The standard InChI is InChI=1S/C13H16N2O5/c1-8-2-4-9(5-3-8)15-12(18)11(17)14-7-6-10(16)13(19)20/h2-5,10,16H,6-7H2,1H3,(H,14,17)(H,15,18)(H,19,20). The van der Waals surface area contributed by atoms with Crippen molar-refractivity contribution in [2.75, 3.05) is 11.9 Å². The maximum Gasteiger partial charge on any atom is 0.332 e. The van der Waals surface area contributed by atoms with E-state index in [1.54, 1.807) is 24.3 Å². The van der Waals surface area contributed by atoms with Gasteiger partial charge in [0.2, 0.25) is 0 Å². The number of rotatable bonds is 5. The van der Waals surface area contributed by atoms with Gasteiger partial charge >= 0.3 is 17.8 Å². The molecule has 0 aliphatic carbocycles. The molecule has 0 spiro atoms. The highest BCUT2D eigenvalue weighted by atomic mass is 16.4. The lowest BCUT2D eigenvalue weighted by molar-refractivity contribution is -0.147. The van der Waals surface area contributed by atoms with Gasteiger partial charge in [-0.1, -0.05) is 17.7 Å². The molecule has 2 amide bonds. The van der Waals surface area contributed by atoms with Crippen LogP contribution in [0, 0.1) is 6.92 Å². The van der Waals surface area contributed by atoms with Gasteiger partial charge in [0, 0.05) is 18.7 Å². The number of aliphatic hydroxyl groups is 1. The molecule has 7 nitrogen and oxygen atoms in total. The number of carboxylic acids is 1. The number of benzene rings is 1. The molecule has 0 aliphatic heterocycles. The molecule has 0 saturated carbocycles. The molecule has 0 heterocycles. The fourth-order valence-corrected chi connectivity index (χ4v) is 1.35.